The first kappa shape index (κ1) is 12.8. The van der Waals surface area contributed by atoms with Gasteiger partial charge in [0.05, 0.1) is 5.92 Å². The monoisotopic (exact) mass is 270 g/mol. The molecule has 1 aromatic rings. The Morgan fingerprint density at radius 2 is 2.00 bits per heavy atom. The molecule has 0 bridgehead atoms. The van der Waals surface area contributed by atoms with Crippen LogP contribution >= 0.6 is 11.3 Å². The van der Waals surface area contributed by atoms with Crippen molar-refractivity contribution in [1.29, 1.82) is 0 Å². The Balaban J connectivity index is 2.06. The maximum absolute atomic E-state index is 12.1. The molecule has 1 saturated heterocycles. The number of nitrogens with zero attached hydrogens (tertiary/aromatic N) is 1. The second-order valence-corrected chi connectivity index (χ2v) is 5.36. The Hall–Kier alpha value is -1.63. The van der Waals surface area contributed by atoms with E-state index in [0.717, 1.165) is 11.3 Å². The number of amides is 1. The van der Waals surface area contributed by atoms with E-state index in [0.29, 0.717) is 36.5 Å². The molecular formula is C11H14N2O4S. The van der Waals surface area contributed by atoms with E-state index in [-0.39, 0.29) is 16.7 Å². The lowest BCUT2D eigenvalue weighted by Gasteiger charge is -2.29. The average Bonchev–Trinajstić information content (AvgIpc) is 2.67. The maximum Gasteiger partial charge on any atom is 0.306 e. The van der Waals surface area contributed by atoms with Crippen LogP contribution in [0.2, 0.25) is 0 Å². The Kier molecular flexibility index (Phi) is 3.51. The van der Waals surface area contributed by atoms with Gasteiger partial charge in [0.15, 0.2) is 0 Å². The van der Waals surface area contributed by atoms with E-state index in [1.807, 2.05) is 0 Å². The van der Waals surface area contributed by atoms with Crippen molar-refractivity contribution in [3.8, 4) is 0 Å². The molecule has 7 heteroatoms. The van der Waals surface area contributed by atoms with Gasteiger partial charge in [0.25, 0.3) is 5.91 Å². The second kappa shape index (κ2) is 4.93. The number of aromatic nitrogens is 1. The molecule has 0 atom stereocenters. The van der Waals surface area contributed by atoms with Gasteiger partial charge < -0.3 is 15.0 Å². The molecule has 2 rings (SSSR count). The van der Waals surface area contributed by atoms with E-state index < -0.39 is 5.97 Å². The quantitative estimate of drug-likeness (QED) is 0.827. The molecule has 2 N–H and O–H groups in total. The number of likely N-dealkylation sites (tertiary alicyclic amines) is 1. The molecule has 6 nitrogen and oxygen atoms in total. The number of aliphatic carboxylic acids is 1. The van der Waals surface area contributed by atoms with Gasteiger partial charge in [-0.25, -0.2) is 0 Å². The van der Waals surface area contributed by atoms with Crippen LogP contribution in [0.4, 0.5) is 0 Å². The van der Waals surface area contributed by atoms with Gasteiger partial charge in [-0.2, -0.15) is 0 Å². The first-order valence-electron chi connectivity index (χ1n) is 5.71. The third-order valence-electron chi connectivity index (χ3n) is 3.15. The highest BCUT2D eigenvalue weighted by Gasteiger charge is 2.28. The van der Waals surface area contributed by atoms with Crippen LogP contribution in [0.1, 0.15) is 28.2 Å². The maximum atomic E-state index is 12.1. The number of rotatable bonds is 2. The highest BCUT2D eigenvalue weighted by Crippen LogP contribution is 2.20. The third-order valence-corrected chi connectivity index (χ3v) is 4.12. The van der Waals surface area contributed by atoms with Gasteiger partial charge in [0, 0.05) is 18.8 Å². The van der Waals surface area contributed by atoms with E-state index in [2.05, 4.69) is 4.98 Å². The lowest BCUT2D eigenvalue weighted by molar-refractivity contribution is -0.143. The predicted octanol–water partition coefficient (Wildman–Crippen LogP) is 0.682. The number of hydrogen-bond donors (Lipinski definition) is 2. The number of H-pyrrole nitrogens is 1. The minimum atomic E-state index is -0.801. The molecule has 1 amide bonds. The largest absolute Gasteiger partial charge is 0.481 e. The van der Waals surface area contributed by atoms with Crippen LogP contribution in [0, 0.1) is 12.8 Å². The summed E-state index contributed by atoms with van der Waals surface area (Å²) in [6.07, 6.45) is 0.943. The summed E-state index contributed by atoms with van der Waals surface area (Å²) in [5.41, 5.74) is 0.579. The lowest BCUT2D eigenvalue weighted by atomic mass is 9.97. The minimum Gasteiger partial charge on any atom is -0.481 e. The van der Waals surface area contributed by atoms with Gasteiger partial charge in [-0.15, -0.1) is 0 Å². The van der Waals surface area contributed by atoms with E-state index in [4.69, 9.17) is 5.11 Å². The number of nitrogens with one attached hydrogen (secondary N) is 1. The zero-order valence-electron chi connectivity index (χ0n) is 9.93. The fraction of sp³-hybridized carbons (Fsp3) is 0.545. The summed E-state index contributed by atoms with van der Waals surface area (Å²) in [4.78, 5) is 38.5. The number of carbonyl (C=O) groups excluding carboxylic acids is 1. The Morgan fingerprint density at radius 3 is 2.44 bits per heavy atom. The van der Waals surface area contributed by atoms with E-state index >= 15 is 0 Å². The molecule has 2 heterocycles. The van der Waals surface area contributed by atoms with Gasteiger partial charge in [-0.3, -0.25) is 14.4 Å². The fourth-order valence-corrected chi connectivity index (χ4v) is 2.89. The van der Waals surface area contributed by atoms with Crippen molar-refractivity contribution in [3.63, 3.8) is 0 Å². The Bertz CT molecular complexity index is 525. The number of aryl methyl sites for hydroxylation is 1. The minimum absolute atomic E-state index is 0.181. The zero-order chi connectivity index (χ0) is 13.3. The molecule has 1 aromatic heterocycles. The molecule has 1 aliphatic heterocycles. The van der Waals surface area contributed by atoms with Crippen LogP contribution < -0.4 is 4.87 Å². The van der Waals surface area contributed by atoms with Crippen LogP contribution in [-0.4, -0.2) is 40.0 Å². The normalized spacial score (nSPS) is 16.8. The van der Waals surface area contributed by atoms with Crippen LogP contribution in [0.25, 0.3) is 0 Å². The number of hydrogen-bond acceptors (Lipinski definition) is 4. The summed E-state index contributed by atoms with van der Waals surface area (Å²) >= 11 is 0.905. The summed E-state index contributed by atoms with van der Waals surface area (Å²) in [6, 6.07) is 0. The van der Waals surface area contributed by atoms with Crippen molar-refractivity contribution in [2.45, 2.75) is 19.8 Å². The highest BCUT2D eigenvalue weighted by molar-refractivity contribution is 7.11. The molecule has 0 aliphatic carbocycles. The second-order valence-electron chi connectivity index (χ2n) is 4.37. The van der Waals surface area contributed by atoms with Gasteiger partial charge in [-0.1, -0.05) is 11.3 Å². The van der Waals surface area contributed by atoms with Crippen molar-refractivity contribution in [2.75, 3.05) is 13.1 Å². The predicted molar refractivity (Wildman–Crippen MR) is 65.9 cm³/mol. The van der Waals surface area contributed by atoms with Gasteiger partial charge in [0.1, 0.15) is 4.88 Å². The van der Waals surface area contributed by atoms with Crippen molar-refractivity contribution in [2.24, 2.45) is 5.92 Å². The third kappa shape index (κ3) is 2.45. The number of carboxylic acids is 1. The van der Waals surface area contributed by atoms with Crippen molar-refractivity contribution < 1.29 is 14.7 Å². The highest BCUT2D eigenvalue weighted by atomic mass is 32.1. The standard InChI is InChI=1S/C11H14N2O4S/c1-6-8(18-11(17)12-6)9(14)13-4-2-7(3-5-13)10(15)16/h7H,2-5H2,1H3,(H,12,17)(H,15,16). The first-order valence-corrected chi connectivity index (χ1v) is 6.52. The molecule has 1 fully saturated rings. The van der Waals surface area contributed by atoms with E-state index in [1.54, 1.807) is 11.8 Å². The average molecular weight is 270 g/mol. The lowest BCUT2D eigenvalue weighted by Crippen LogP contribution is -2.40. The van der Waals surface area contributed by atoms with Gasteiger partial charge >= 0.3 is 10.8 Å². The number of piperidine rings is 1. The van der Waals surface area contributed by atoms with Crippen LogP contribution in [0.3, 0.4) is 0 Å². The summed E-state index contributed by atoms with van der Waals surface area (Å²) in [7, 11) is 0. The van der Waals surface area contributed by atoms with Crippen LogP contribution in [0.5, 0.6) is 0 Å². The topological polar surface area (TPSA) is 90.5 Å². The zero-order valence-corrected chi connectivity index (χ0v) is 10.7. The van der Waals surface area contributed by atoms with Crippen molar-refractivity contribution in [3.05, 3.63) is 20.2 Å². The molecule has 98 valence electrons. The summed E-state index contributed by atoms with van der Waals surface area (Å²) in [5, 5.41) is 8.88. The number of carbonyl (C=O) groups is 2. The Morgan fingerprint density at radius 1 is 1.39 bits per heavy atom. The van der Waals surface area contributed by atoms with Crippen molar-refractivity contribution >= 4 is 23.2 Å². The molecule has 1 aliphatic rings. The molecule has 0 spiro atoms. The van der Waals surface area contributed by atoms with Gasteiger partial charge in [0.2, 0.25) is 0 Å². The summed E-state index contributed by atoms with van der Waals surface area (Å²) < 4.78 is 0. The van der Waals surface area contributed by atoms with E-state index in [1.165, 1.54) is 0 Å². The summed E-state index contributed by atoms with van der Waals surface area (Å²) in [6.45, 7) is 2.55. The van der Waals surface area contributed by atoms with Crippen molar-refractivity contribution in [1.82, 2.24) is 9.88 Å². The first-order chi connectivity index (χ1) is 8.49. The number of thiazole rings is 1. The molecule has 0 unspecified atom stereocenters. The molecule has 0 aromatic carbocycles. The number of aromatic amines is 1. The smallest absolute Gasteiger partial charge is 0.306 e. The SMILES string of the molecule is Cc1[nH]c(=O)sc1C(=O)N1CCC(C(=O)O)CC1. The molecular weight excluding hydrogens is 256 g/mol. The van der Waals surface area contributed by atoms with Crippen LogP contribution in [0.15, 0.2) is 4.79 Å². The van der Waals surface area contributed by atoms with E-state index in [9.17, 15) is 14.4 Å². The molecule has 18 heavy (non-hydrogen) atoms. The fourth-order valence-electron chi connectivity index (χ4n) is 2.08. The molecule has 0 radical (unpaired) electrons. The Labute approximate surface area is 107 Å². The molecule has 0 saturated carbocycles. The van der Waals surface area contributed by atoms with Gasteiger partial charge in [-0.05, 0) is 19.8 Å². The van der Waals surface area contributed by atoms with Crippen LogP contribution in [-0.2, 0) is 4.79 Å². The summed E-state index contributed by atoms with van der Waals surface area (Å²) in [5.74, 6) is -1.34. The number of carboxylic acid groups (broad SMARTS) is 1.